The SMILES string of the molecule is C#CC[C@@H](NC(=O)c1cnc2ccccc2c1)C(N)=O. The molecule has 0 aliphatic heterocycles. The van der Waals surface area contributed by atoms with Gasteiger partial charge in [-0.3, -0.25) is 14.6 Å². The highest BCUT2D eigenvalue weighted by Crippen LogP contribution is 2.12. The van der Waals surface area contributed by atoms with Crippen LogP contribution in [0.3, 0.4) is 0 Å². The van der Waals surface area contributed by atoms with Gasteiger partial charge in [0.15, 0.2) is 0 Å². The van der Waals surface area contributed by atoms with Crippen LogP contribution in [0, 0.1) is 12.3 Å². The lowest BCUT2D eigenvalue weighted by Gasteiger charge is -2.12. The Morgan fingerprint density at radius 2 is 2.15 bits per heavy atom. The number of benzene rings is 1. The molecule has 0 saturated heterocycles. The van der Waals surface area contributed by atoms with E-state index in [1.54, 1.807) is 6.07 Å². The van der Waals surface area contributed by atoms with Crippen molar-refractivity contribution in [2.45, 2.75) is 12.5 Å². The van der Waals surface area contributed by atoms with E-state index in [9.17, 15) is 9.59 Å². The number of carbonyl (C=O) groups is 2. The van der Waals surface area contributed by atoms with E-state index in [2.05, 4.69) is 16.2 Å². The van der Waals surface area contributed by atoms with Crippen molar-refractivity contribution in [2.75, 3.05) is 0 Å². The molecule has 1 atom stereocenters. The zero-order valence-corrected chi connectivity index (χ0v) is 10.7. The molecule has 20 heavy (non-hydrogen) atoms. The molecule has 1 heterocycles. The predicted octanol–water partition coefficient (Wildman–Crippen LogP) is 0.842. The molecule has 0 fully saturated rings. The molecule has 2 amide bonds. The Bertz CT molecular complexity index is 704. The van der Waals surface area contributed by atoms with Gasteiger partial charge in [-0.25, -0.2) is 0 Å². The number of hydrogen-bond donors (Lipinski definition) is 2. The van der Waals surface area contributed by atoms with Gasteiger partial charge in [0.1, 0.15) is 6.04 Å². The lowest BCUT2D eigenvalue weighted by molar-refractivity contribution is -0.119. The number of rotatable bonds is 4. The van der Waals surface area contributed by atoms with E-state index >= 15 is 0 Å². The van der Waals surface area contributed by atoms with Gasteiger partial charge in [-0.05, 0) is 12.1 Å². The second-order valence-electron chi connectivity index (χ2n) is 4.25. The maximum absolute atomic E-state index is 12.1. The van der Waals surface area contributed by atoms with Crippen molar-refractivity contribution in [1.82, 2.24) is 10.3 Å². The van der Waals surface area contributed by atoms with Crippen LogP contribution in [0.2, 0.25) is 0 Å². The smallest absolute Gasteiger partial charge is 0.253 e. The first kappa shape index (κ1) is 13.6. The monoisotopic (exact) mass is 267 g/mol. The molecule has 0 unspecified atom stereocenters. The molecule has 0 saturated carbocycles. The Balaban J connectivity index is 2.22. The minimum absolute atomic E-state index is 0.0576. The second kappa shape index (κ2) is 5.85. The molecule has 0 aliphatic carbocycles. The summed E-state index contributed by atoms with van der Waals surface area (Å²) in [5, 5.41) is 3.34. The highest BCUT2D eigenvalue weighted by Gasteiger charge is 2.18. The summed E-state index contributed by atoms with van der Waals surface area (Å²) >= 11 is 0. The minimum Gasteiger partial charge on any atom is -0.368 e. The predicted molar refractivity (Wildman–Crippen MR) is 75.6 cm³/mol. The van der Waals surface area contributed by atoms with Crippen LogP contribution in [0.5, 0.6) is 0 Å². The number of hydrogen-bond acceptors (Lipinski definition) is 3. The van der Waals surface area contributed by atoms with Crippen molar-refractivity contribution in [3.8, 4) is 12.3 Å². The number of terminal acetylenes is 1. The quantitative estimate of drug-likeness (QED) is 0.805. The van der Waals surface area contributed by atoms with Crippen molar-refractivity contribution in [2.24, 2.45) is 5.73 Å². The number of primary amides is 1. The summed E-state index contributed by atoms with van der Waals surface area (Å²) in [7, 11) is 0. The van der Waals surface area contributed by atoms with E-state index in [0.29, 0.717) is 5.56 Å². The summed E-state index contributed by atoms with van der Waals surface area (Å²) in [5.74, 6) is 1.21. The largest absolute Gasteiger partial charge is 0.368 e. The van der Waals surface area contributed by atoms with E-state index in [-0.39, 0.29) is 6.42 Å². The zero-order valence-electron chi connectivity index (χ0n) is 10.7. The van der Waals surface area contributed by atoms with Crippen molar-refractivity contribution >= 4 is 22.7 Å². The number of carbonyl (C=O) groups excluding carboxylic acids is 2. The second-order valence-corrected chi connectivity index (χ2v) is 4.25. The molecule has 0 radical (unpaired) electrons. The van der Waals surface area contributed by atoms with Crippen molar-refractivity contribution in [3.05, 3.63) is 42.1 Å². The van der Waals surface area contributed by atoms with Gasteiger partial charge in [0.05, 0.1) is 11.1 Å². The van der Waals surface area contributed by atoms with Gasteiger partial charge in [-0.2, -0.15) is 0 Å². The van der Waals surface area contributed by atoms with Gasteiger partial charge in [0.2, 0.25) is 5.91 Å². The maximum Gasteiger partial charge on any atom is 0.253 e. The van der Waals surface area contributed by atoms with Gasteiger partial charge in [0.25, 0.3) is 5.91 Å². The molecule has 0 bridgehead atoms. The summed E-state index contributed by atoms with van der Waals surface area (Å²) in [6.07, 6.45) is 6.64. The Kier molecular flexibility index (Phi) is 3.96. The van der Waals surface area contributed by atoms with Crippen LogP contribution in [0.15, 0.2) is 36.5 Å². The van der Waals surface area contributed by atoms with Gasteiger partial charge in [-0.1, -0.05) is 18.2 Å². The van der Waals surface area contributed by atoms with Gasteiger partial charge >= 0.3 is 0 Å². The fourth-order valence-corrected chi connectivity index (χ4v) is 1.78. The number of para-hydroxylation sites is 1. The number of pyridine rings is 1. The average Bonchev–Trinajstić information content (AvgIpc) is 2.46. The Labute approximate surface area is 116 Å². The third kappa shape index (κ3) is 2.93. The third-order valence-electron chi connectivity index (χ3n) is 2.82. The minimum atomic E-state index is -0.876. The number of nitrogens with zero attached hydrogens (tertiary/aromatic N) is 1. The first-order valence-corrected chi connectivity index (χ1v) is 6.00. The summed E-state index contributed by atoms with van der Waals surface area (Å²) < 4.78 is 0. The van der Waals surface area contributed by atoms with Crippen LogP contribution in [0.4, 0.5) is 0 Å². The van der Waals surface area contributed by atoms with Crippen LogP contribution in [0.1, 0.15) is 16.8 Å². The molecular formula is C15H13N3O2. The van der Waals surface area contributed by atoms with Gasteiger partial charge in [-0.15, -0.1) is 12.3 Å². The van der Waals surface area contributed by atoms with Crippen LogP contribution >= 0.6 is 0 Å². The summed E-state index contributed by atoms with van der Waals surface area (Å²) in [6, 6.07) is 8.25. The zero-order chi connectivity index (χ0) is 14.5. The van der Waals surface area contributed by atoms with Crippen LogP contribution in [-0.4, -0.2) is 22.8 Å². The van der Waals surface area contributed by atoms with Crippen molar-refractivity contribution < 1.29 is 9.59 Å². The van der Waals surface area contributed by atoms with Crippen LogP contribution in [0.25, 0.3) is 10.9 Å². The highest BCUT2D eigenvalue weighted by atomic mass is 16.2. The maximum atomic E-state index is 12.1. The topological polar surface area (TPSA) is 85.1 Å². The Morgan fingerprint density at radius 1 is 1.40 bits per heavy atom. The molecule has 2 rings (SSSR count). The molecule has 0 aliphatic rings. The third-order valence-corrected chi connectivity index (χ3v) is 2.82. The lowest BCUT2D eigenvalue weighted by Crippen LogP contribution is -2.44. The number of fused-ring (bicyclic) bond motifs is 1. The average molecular weight is 267 g/mol. The molecule has 0 spiro atoms. The number of aromatic nitrogens is 1. The van der Waals surface area contributed by atoms with Gasteiger partial charge in [0, 0.05) is 18.0 Å². The van der Waals surface area contributed by atoms with Crippen LogP contribution in [-0.2, 0) is 4.79 Å². The van der Waals surface area contributed by atoms with Crippen molar-refractivity contribution in [1.29, 1.82) is 0 Å². The molecule has 5 nitrogen and oxygen atoms in total. The Morgan fingerprint density at radius 3 is 2.85 bits per heavy atom. The number of amides is 2. The van der Waals surface area contributed by atoms with E-state index in [0.717, 1.165) is 10.9 Å². The molecule has 1 aromatic heterocycles. The highest BCUT2D eigenvalue weighted by molar-refractivity contribution is 5.99. The molecule has 5 heteroatoms. The number of nitrogens with two attached hydrogens (primary N) is 1. The lowest BCUT2D eigenvalue weighted by atomic mass is 10.1. The van der Waals surface area contributed by atoms with Gasteiger partial charge < -0.3 is 11.1 Å². The first-order chi connectivity index (χ1) is 9.61. The summed E-state index contributed by atoms with van der Waals surface area (Å²) in [5.41, 5.74) is 6.32. The molecule has 1 aromatic carbocycles. The van der Waals surface area contributed by atoms with Crippen molar-refractivity contribution in [3.63, 3.8) is 0 Å². The molecule has 3 N–H and O–H groups in total. The standard InChI is InChI=1S/C15H13N3O2/c1-2-5-13(14(16)19)18-15(20)11-8-10-6-3-4-7-12(10)17-9-11/h1,3-4,6-9,13H,5H2,(H2,16,19)(H,18,20)/t13-/m1/s1. The first-order valence-electron chi connectivity index (χ1n) is 6.00. The van der Waals surface area contributed by atoms with E-state index in [1.807, 2.05) is 24.3 Å². The normalized spacial score (nSPS) is 11.6. The molecule has 100 valence electrons. The molecular weight excluding hydrogens is 254 g/mol. The summed E-state index contributed by atoms with van der Waals surface area (Å²) in [6.45, 7) is 0. The van der Waals surface area contributed by atoms with E-state index < -0.39 is 17.9 Å². The number of nitrogens with one attached hydrogen (secondary N) is 1. The fraction of sp³-hybridized carbons (Fsp3) is 0.133. The van der Waals surface area contributed by atoms with E-state index in [4.69, 9.17) is 12.2 Å². The molecule has 2 aromatic rings. The van der Waals surface area contributed by atoms with Crippen LogP contribution < -0.4 is 11.1 Å². The summed E-state index contributed by atoms with van der Waals surface area (Å²) in [4.78, 5) is 27.4. The Hall–Kier alpha value is -2.87. The fourth-order valence-electron chi connectivity index (χ4n) is 1.78. The van der Waals surface area contributed by atoms with E-state index in [1.165, 1.54) is 6.20 Å².